The van der Waals surface area contributed by atoms with Crippen molar-refractivity contribution >= 4 is 11.0 Å². The predicted octanol–water partition coefficient (Wildman–Crippen LogP) is 3.26. The van der Waals surface area contributed by atoms with E-state index in [1.54, 1.807) is 6.26 Å². The van der Waals surface area contributed by atoms with E-state index in [9.17, 15) is 0 Å². The van der Waals surface area contributed by atoms with Gasteiger partial charge in [0.25, 0.3) is 0 Å². The van der Waals surface area contributed by atoms with Gasteiger partial charge in [-0.15, -0.1) is 0 Å². The van der Waals surface area contributed by atoms with E-state index >= 15 is 0 Å². The highest BCUT2D eigenvalue weighted by atomic mass is 16.7. The minimum Gasteiger partial charge on any atom is -0.462 e. The number of benzene rings is 2. The van der Waals surface area contributed by atoms with Gasteiger partial charge < -0.3 is 19.8 Å². The van der Waals surface area contributed by atoms with Crippen molar-refractivity contribution < 1.29 is 9.47 Å². The molecule has 2 aliphatic rings. The van der Waals surface area contributed by atoms with E-state index in [4.69, 9.17) is 14.5 Å². The molecule has 0 saturated carbocycles. The lowest BCUT2D eigenvalue weighted by Crippen LogP contribution is -2.55. The summed E-state index contributed by atoms with van der Waals surface area (Å²) in [5, 5.41) is 3.48. The van der Waals surface area contributed by atoms with Crippen LogP contribution in [0.5, 0.6) is 0 Å². The largest absolute Gasteiger partial charge is 0.462 e. The van der Waals surface area contributed by atoms with Gasteiger partial charge in [-0.2, -0.15) is 0 Å². The van der Waals surface area contributed by atoms with Crippen molar-refractivity contribution in [3.8, 4) is 0 Å². The highest BCUT2D eigenvalue weighted by molar-refractivity contribution is 5.75. The van der Waals surface area contributed by atoms with Gasteiger partial charge in [-0.1, -0.05) is 42.0 Å². The van der Waals surface area contributed by atoms with Gasteiger partial charge >= 0.3 is 0 Å². The molecule has 2 aliphatic heterocycles. The molecule has 1 atom stereocenters. The van der Waals surface area contributed by atoms with Gasteiger partial charge in [0.15, 0.2) is 0 Å². The highest BCUT2D eigenvalue weighted by Crippen LogP contribution is 2.42. The van der Waals surface area contributed by atoms with Crippen molar-refractivity contribution in [2.45, 2.75) is 18.9 Å². The third-order valence-electron chi connectivity index (χ3n) is 5.92. The first-order chi connectivity index (χ1) is 14.3. The molecule has 0 aliphatic carbocycles. The van der Waals surface area contributed by atoms with Crippen LogP contribution in [0.4, 0.5) is 0 Å². The van der Waals surface area contributed by atoms with Crippen LogP contribution in [0, 0.1) is 6.92 Å². The molecule has 2 N–H and O–H groups in total. The van der Waals surface area contributed by atoms with Gasteiger partial charge in [-0.25, -0.2) is 4.98 Å². The zero-order chi connectivity index (χ0) is 19.7. The van der Waals surface area contributed by atoms with E-state index in [2.05, 4.69) is 58.5 Å². The lowest BCUT2D eigenvalue weighted by molar-refractivity contribution is 0.0523. The summed E-state index contributed by atoms with van der Waals surface area (Å²) in [4.78, 5) is 11.2. The lowest BCUT2D eigenvalue weighted by Gasteiger charge is -2.45. The molecule has 1 fully saturated rings. The molecule has 3 heterocycles. The summed E-state index contributed by atoms with van der Waals surface area (Å²) in [5.41, 5.74) is 4.01. The van der Waals surface area contributed by atoms with E-state index in [1.807, 2.05) is 12.1 Å². The average Bonchev–Trinajstić information content (AvgIpc) is 3.43. The normalized spacial score (nSPS) is 19.4. The van der Waals surface area contributed by atoms with Crippen LogP contribution in [0.3, 0.4) is 0 Å². The van der Waals surface area contributed by atoms with Gasteiger partial charge in [0.05, 0.1) is 11.0 Å². The Hall–Kier alpha value is -2.83. The predicted molar refractivity (Wildman–Crippen MR) is 112 cm³/mol. The molecule has 0 amide bonds. The van der Waals surface area contributed by atoms with Crippen LogP contribution < -0.4 is 5.32 Å². The summed E-state index contributed by atoms with van der Waals surface area (Å²) >= 11 is 0. The molecular formula is C23H26N4O2. The minimum absolute atomic E-state index is 0.279. The lowest BCUT2D eigenvalue weighted by atomic mass is 9.82. The number of imidazole rings is 1. The number of rotatable bonds is 5. The van der Waals surface area contributed by atoms with Crippen LogP contribution in [0.1, 0.15) is 23.4 Å². The number of H-pyrrole nitrogens is 1. The Morgan fingerprint density at radius 1 is 1.07 bits per heavy atom. The number of nitrogens with zero attached hydrogens (tertiary/aromatic N) is 2. The third kappa shape index (κ3) is 3.28. The second kappa shape index (κ2) is 7.54. The molecule has 1 aromatic heterocycles. The second-order valence-corrected chi connectivity index (χ2v) is 7.76. The van der Waals surface area contributed by atoms with Crippen molar-refractivity contribution in [3.63, 3.8) is 0 Å². The summed E-state index contributed by atoms with van der Waals surface area (Å²) in [6.07, 6.45) is 2.41. The van der Waals surface area contributed by atoms with Crippen molar-refractivity contribution in [3.05, 3.63) is 77.5 Å². The first kappa shape index (κ1) is 18.2. The third-order valence-corrected chi connectivity index (χ3v) is 5.92. The number of hydrogen-bond acceptors (Lipinski definition) is 5. The number of nitrogens with one attached hydrogen (secondary N) is 2. The molecule has 2 aromatic carbocycles. The average molecular weight is 390 g/mol. The number of aromatic nitrogens is 2. The van der Waals surface area contributed by atoms with Crippen molar-refractivity contribution in [2.24, 2.45) is 0 Å². The Bertz CT molecular complexity index is 988. The standard InChI is InChI=1S/C23H26N4O2/c1-17-6-8-18(9-7-17)23(14-19-15-28-16-29-19,27-12-10-24-11-13-27)22-25-20-4-2-3-5-21(20)26-22/h2-9,15,24H,10-14,16H2,1H3,(H,25,26). The van der Waals surface area contributed by atoms with Gasteiger partial charge in [-0.05, 0) is 24.6 Å². The quantitative estimate of drug-likeness (QED) is 0.700. The summed E-state index contributed by atoms with van der Waals surface area (Å²) in [6, 6.07) is 17.0. The molecule has 1 saturated heterocycles. The molecule has 5 rings (SSSR count). The zero-order valence-electron chi connectivity index (χ0n) is 16.6. The molecule has 29 heavy (non-hydrogen) atoms. The van der Waals surface area contributed by atoms with Crippen LogP contribution in [0.25, 0.3) is 11.0 Å². The van der Waals surface area contributed by atoms with Gasteiger partial charge in [0, 0.05) is 32.6 Å². The molecule has 0 bridgehead atoms. The summed E-state index contributed by atoms with van der Waals surface area (Å²) < 4.78 is 11.2. The van der Waals surface area contributed by atoms with E-state index < -0.39 is 5.54 Å². The maximum absolute atomic E-state index is 5.80. The first-order valence-corrected chi connectivity index (χ1v) is 10.2. The molecular weight excluding hydrogens is 364 g/mol. The van der Waals surface area contributed by atoms with E-state index in [-0.39, 0.29) is 6.79 Å². The van der Waals surface area contributed by atoms with Crippen molar-refractivity contribution in [2.75, 3.05) is 33.0 Å². The second-order valence-electron chi connectivity index (χ2n) is 7.76. The number of ether oxygens (including phenoxy) is 2. The fraction of sp³-hybridized carbons (Fsp3) is 0.348. The summed E-state index contributed by atoms with van der Waals surface area (Å²) in [6.45, 7) is 6.15. The molecule has 6 nitrogen and oxygen atoms in total. The molecule has 3 aromatic rings. The molecule has 1 unspecified atom stereocenters. The minimum atomic E-state index is -0.464. The van der Waals surface area contributed by atoms with E-state index in [1.165, 1.54) is 11.1 Å². The number of aryl methyl sites for hydroxylation is 1. The van der Waals surface area contributed by atoms with Gasteiger partial charge in [0.1, 0.15) is 23.4 Å². The van der Waals surface area contributed by atoms with E-state index in [0.717, 1.165) is 48.8 Å². The van der Waals surface area contributed by atoms with Crippen LogP contribution in [0.2, 0.25) is 0 Å². The molecule has 6 heteroatoms. The topological polar surface area (TPSA) is 62.4 Å². The number of piperazine rings is 1. The molecule has 0 spiro atoms. The first-order valence-electron chi connectivity index (χ1n) is 10.2. The van der Waals surface area contributed by atoms with Gasteiger partial charge in [-0.3, -0.25) is 4.90 Å². The Morgan fingerprint density at radius 2 is 1.86 bits per heavy atom. The Morgan fingerprint density at radius 3 is 2.59 bits per heavy atom. The number of hydrogen-bond donors (Lipinski definition) is 2. The van der Waals surface area contributed by atoms with Crippen LogP contribution in [-0.2, 0) is 15.0 Å². The number of aromatic amines is 1. The summed E-state index contributed by atoms with van der Waals surface area (Å²) in [7, 11) is 0. The van der Waals surface area contributed by atoms with Gasteiger partial charge in [0.2, 0.25) is 6.79 Å². The van der Waals surface area contributed by atoms with Crippen LogP contribution >= 0.6 is 0 Å². The Balaban J connectivity index is 1.72. The Kier molecular flexibility index (Phi) is 4.73. The van der Waals surface area contributed by atoms with Crippen LogP contribution in [-0.4, -0.2) is 47.8 Å². The molecule has 150 valence electrons. The highest BCUT2D eigenvalue weighted by Gasteiger charge is 2.45. The van der Waals surface area contributed by atoms with E-state index in [0.29, 0.717) is 6.42 Å². The smallest absolute Gasteiger partial charge is 0.229 e. The zero-order valence-corrected chi connectivity index (χ0v) is 16.6. The summed E-state index contributed by atoms with van der Waals surface area (Å²) in [5.74, 6) is 1.80. The SMILES string of the molecule is Cc1ccc(C(CC2=COCO2)(c2nc3ccccc3[nH]2)N2CCNCC2)cc1. The fourth-order valence-corrected chi connectivity index (χ4v) is 4.41. The molecule has 0 radical (unpaired) electrons. The number of para-hydroxylation sites is 2. The van der Waals surface area contributed by atoms with Crippen molar-refractivity contribution in [1.82, 2.24) is 20.2 Å². The maximum Gasteiger partial charge on any atom is 0.229 e. The van der Waals surface area contributed by atoms with Crippen molar-refractivity contribution in [1.29, 1.82) is 0 Å². The maximum atomic E-state index is 5.80. The monoisotopic (exact) mass is 390 g/mol. The van der Waals surface area contributed by atoms with Crippen LogP contribution in [0.15, 0.2) is 60.6 Å². The fourth-order valence-electron chi connectivity index (χ4n) is 4.41. The number of fused-ring (bicyclic) bond motifs is 1. The Labute approximate surface area is 170 Å².